The Hall–Kier alpha value is -2.17. The Bertz CT molecular complexity index is 531. The van der Waals surface area contributed by atoms with Crippen molar-refractivity contribution in [1.82, 2.24) is 10.2 Å². The van der Waals surface area contributed by atoms with Crippen LogP contribution in [-0.4, -0.2) is 35.2 Å². The minimum atomic E-state index is -0.553. The summed E-state index contributed by atoms with van der Waals surface area (Å²) in [5, 5.41) is 2.29. The summed E-state index contributed by atoms with van der Waals surface area (Å²) in [5.74, 6) is -0.842. The van der Waals surface area contributed by atoms with Crippen LogP contribution in [-0.2, 0) is 14.4 Å². The lowest BCUT2D eigenvalue weighted by molar-refractivity contribution is -0.144. The Kier molecular flexibility index (Phi) is 4.17. The molecule has 2 rings (SSSR count). The number of carbonyl (C=O) groups is 3. The predicted octanol–water partition coefficient (Wildman–Crippen LogP) is 1.08. The lowest BCUT2D eigenvalue weighted by Crippen LogP contribution is -2.56. The van der Waals surface area contributed by atoms with E-state index in [1.165, 1.54) is 0 Å². The van der Waals surface area contributed by atoms with Crippen molar-refractivity contribution in [2.24, 2.45) is 0 Å². The van der Waals surface area contributed by atoms with Gasteiger partial charge in [-0.05, 0) is 31.4 Å². The van der Waals surface area contributed by atoms with Gasteiger partial charge >= 0.3 is 0 Å². The fourth-order valence-electron chi connectivity index (χ4n) is 2.46. The van der Waals surface area contributed by atoms with Crippen molar-refractivity contribution >= 4 is 17.7 Å². The van der Waals surface area contributed by atoms with E-state index in [0.717, 1.165) is 5.57 Å². The number of piperidine rings is 2. The van der Waals surface area contributed by atoms with Crippen LogP contribution in [0, 0.1) is 0 Å². The van der Waals surface area contributed by atoms with Crippen molar-refractivity contribution in [3.63, 3.8) is 0 Å². The third-order valence-corrected chi connectivity index (χ3v) is 3.57. The fraction of sp³-hybridized carbons (Fsp3) is 0.400. The van der Waals surface area contributed by atoms with E-state index >= 15 is 0 Å². The third kappa shape index (κ3) is 2.71. The highest BCUT2D eigenvalue weighted by Crippen LogP contribution is 2.26. The summed E-state index contributed by atoms with van der Waals surface area (Å²) in [6.45, 7) is 6.24. The van der Waals surface area contributed by atoms with Crippen molar-refractivity contribution in [2.45, 2.75) is 32.2 Å². The van der Waals surface area contributed by atoms with Crippen LogP contribution in [0.25, 0.3) is 0 Å². The molecule has 0 spiro atoms. The summed E-state index contributed by atoms with van der Waals surface area (Å²) in [4.78, 5) is 37.1. The molecule has 2 aliphatic rings. The molecule has 3 amide bonds. The Morgan fingerprint density at radius 2 is 2.05 bits per heavy atom. The minimum absolute atomic E-state index is 0.186. The Balaban J connectivity index is 2.21. The quantitative estimate of drug-likeness (QED) is 0.605. The molecule has 0 aromatic carbocycles. The van der Waals surface area contributed by atoms with Crippen LogP contribution in [0.3, 0.4) is 0 Å². The van der Waals surface area contributed by atoms with E-state index in [1.54, 1.807) is 17.1 Å². The normalized spacial score (nSPS) is 26.6. The zero-order valence-corrected chi connectivity index (χ0v) is 11.5. The zero-order chi connectivity index (χ0) is 14.7. The van der Waals surface area contributed by atoms with Crippen molar-refractivity contribution in [1.29, 1.82) is 0 Å². The highest BCUT2D eigenvalue weighted by molar-refractivity contribution is 6.05. The molecule has 0 aromatic rings. The molecular weight excluding hydrogens is 256 g/mol. The fourth-order valence-corrected chi connectivity index (χ4v) is 2.46. The molecule has 2 fully saturated rings. The van der Waals surface area contributed by atoms with Crippen molar-refractivity contribution < 1.29 is 14.4 Å². The lowest BCUT2D eigenvalue weighted by Gasteiger charge is -2.36. The summed E-state index contributed by atoms with van der Waals surface area (Å²) in [6.07, 6.45) is 6.65. The first-order valence-electron chi connectivity index (χ1n) is 6.70. The molecule has 106 valence electrons. The molecule has 2 saturated heterocycles. The average Bonchev–Trinajstić information content (AvgIpc) is 2.40. The first-order valence-corrected chi connectivity index (χ1v) is 6.70. The van der Waals surface area contributed by atoms with E-state index < -0.39 is 6.04 Å². The molecule has 0 unspecified atom stereocenters. The van der Waals surface area contributed by atoms with Gasteiger partial charge in [0.2, 0.25) is 11.8 Å². The molecule has 0 bridgehead atoms. The van der Waals surface area contributed by atoms with Crippen LogP contribution in [0.15, 0.2) is 36.0 Å². The number of imide groups is 1. The van der Waals surface area contributed by atoms with Crippen LogP contribution in [0.5, 0.6) is 0 Å². The maximum atomic E-state index is 12.5. The van der Waals surface area contributed by atoms with Gasteiger partial charge in [0.05, 0.1) is 0 Å². The van der Waals surface area contributed by atoms with Gasteiger partial charge < -0.3 is 4.90 Å². The number of nitrogens with one attached hydrogen (secondary N) is 1. The van der Waals surface area contributed by atoms with E-state index in [1.807, 2.05) is 13.0 Å². The van der Waals surface area contributed by atoms with Crippen LogP contribution in [0.2, 0.25) is 0 Å². The molecule has 5 nitrogen and oxygen atoms in total. The molecule has 0 radical (unpaired) electrons. The second-order valence-corrected chi connectivity index (χ2v) is 4.93. The summed E-state index contributed by atoms with van der Waals surface area (Å²) in [5.41, 5.74) is 1.33. The third-order valence-electron chi connectivity index (χ3n) is 3.57. The van der Waals surface area contributed by atoms with Crippen LogP contribution < -0.4 is 5.32 Å². The van der Waals surface area contributed by atoms with E-state index in [2.05, 4.69) is 11.9 Å². The van der Waals surface area contributed by atoms with Gasteiger partial charge in [-0.25, -0.2) is 0 Å². The van der Waals surface area contributed by atoms with Crippen molar-refractivity contribution in [3.8, 4) is 0 Å². The summed E-state index contributed by atoms with van der Waals surface area (Å²) < 4.78 is 0. The average molecular weight is 274 g/mol. The second kappa shape index (κ2) is 5.86. The standard InChI is InChI=1S/C15H18N2O3/c1-3-4-5-11-10(2)8-9-17(15(11)20)12-6-7-13(18)16-14(12)19/h3-5,12H,2,6-9H2,1H3,(H,16,18,19)/b4-3-,11-5+/t12-/m1/s1. The number of carbonyl (C=O) groups excluding carboxylic acids is 3. The predicted molar refractivity (Wildman–Crippen MR) is 74.5 cm³/mol. The first kappa shape index (κ1) is 14.2. The number of allylic oxidation sites excluding steroid dienone is 3. The maximum absolute atomic E-state index is 12.5. The number of hydrogen-bond donors (Lipinski definition) is 1. The molecule has 2 heterocycles. The minimum Gasteiger partial charge on any atom is -0.326 e. The second-order valence-electron chi connectivity index (χ2n) is 4.93. The van der Waals surface area contributed by atoms with Crippen molar-refractivity contribution in [3.05, 3.63) is 36.0 Å². The molecule has 20 heavy (non-hydrogen) atoms. The van der Waals surface area contributed by atoms with E-state index in [-0.39, 0.29) is 24.1 Å². The summed E-state index contributed by atoms with van der Waals surface area (Å²) in [7, 11) is 0. The SMILES string of the molecule is C=C1CCN([C@@H]2CCC(=O)NC2=O)C(=O)/C1=C/C=C\C. The molecule has 2 aliphatic heterocycles. The highest BCUT2D eigenvalue weighted by atomic mass is 16.2. The smallest absolute Gasteiger partial charge is 0.254 e. The molecule has 1 N–H and O–H groups in total. The molecule has 0 aliphatic carbocycles. The number of hydrogen-bond acceptors (Lipinski definition) is 3. The Morgan fingerprint density at radius 1 is 1.30 bits per heavy atom. The number of likely N-dealkylation sites (tertiary alicyclic amines) is 1. The Labute approximate surface area is 118 Å². The number of nitrogens with zero attached hydrogens (tertiary/aromatic N) is 1. The van der Waals surface area contributed by atoms with E-state index in [0.29, 0.717) is 25.0 Å². The van der Waals surface area contributed by atoms with Crippen LogP contribution >= 0.6 is 0 Å². The van der Waals surface area contributed by atoms with E-state index in [9.17, 15) is 14.4 Å². The topological polar surface area (TPSA) is 66.5 Å². The van der Waals surface area contributed by atoms with Gasteiger partial charge in [0.15, 0.2) is 0 Å². The van der Waals surface area contributed by atoms with Gasteiger partial charge in [-0.15, -0.1) is 0 Å². The zero-order valence-electron chi connectivity index (χ0n) is 11.5. The summed E-state index contributed by atoms with van der Waals surface area (Å²) >= 11 is 0. The molecule has 5 heteroatoms. The first-order chi connectivity index (χ1) is 9.54. The van der Waals surface area contributed by atoms with Crippen LogP contribution in [0.4, 0.5) is 0 Å². The maximum Gasteiger partial charge on any atom is 0.254 e. The van der Waals surface area contributed by atoms with Gasteiger partial charge in [0, 0.05) is 18.5 Å². The highest BCUT2D eigenvalue weighted by Gasteiger charge is 2.37. The molecular formula is C15H18N2O3. The van der Waals surface area contributed by atoms with Gasteiger partial charge in [0.25, 0.3) is 5.91 Å². The molecule has 1 atom stereocenters. The summed E-state index contributed by atoms with van der Waals surface area (Å²) in [6, 6.07) is -0.553. The molecule has 0 saturated carbocycles. The van der Waals surface area contributed by atoms with Crippen molar-refractivity contribution in [2.75, 3.05) is 6.54 Å². The Morgan fingerprint density at radius 3 is 2.70 bits per heavy atom. The van der Waals surface area contributed by atoms with E-state index in [4.69, 9.17) is 0 Å². The van der Waals surface area contributed by atoms with Gasteiger partial charge in [-0.3, -0.25) is 19.7 Å². The largest absolute Gasteiger partial charge is 0.326 e. The number of amides is 3. The van der Waals surface area contributed by atoms with Crippen LogP contribution in [0.1, 0.15) is 26.2 Å². The lowest BCUT2D eigenvalue weighted by atomic mass is 9.94. The van der Waals surface area contributed by atoms with Gasteiger partial charge in [0.1, 0.15) is 6.04 Å². The van der Waals surface area contributed by atoms with Gasteiger partial charge in [-0.1, -0.05) is 18.7 Å². The molecule has 0 aromatic heterocycles. The monoisotopic (exact) mass is 274 g/mol. The van der Waals surface area contributed by atoms with Gasteiger partial charge in [-0.2, -0.15) is 0 Å². The number of rotatable bonds is 2.